The zero-order valence-corrected chi connectivity index (χ0v) is 7.98. The molecule has 1 aromatic carbocycles. The molecule has 0 aliphatic heterocycles. The summed E-state index contributed by atoms with van der Waals surface area (Å²) in [6, 6.07) is 4.84. The first-order chi connectivity index (χ1) is 6.34. The van der Waals surface area contributed by atoms with E-state index in [1.54, 1.807) is 26.0 Å². The normalized spacial score (nSPS) is 11.5. The molecule has 0 aromatic heterocycles. The molecular formula is C10H12O4. The number of aliphatic hydroxyl groups is 3. The number of aryl methyl sites for hydroxylation is 1. The molecule has 0 amide bonds. The second kappa shape index (κ2) is 3.49. The molecule has 76 valence electrons. The first kappa shape index (κ1) is 10.8. The number of ketones is 1. The maximum absolute atomic E-state index is 11.3. The largest absolute Gasteiger partial charge is 0.344 e. The van der Waals surface area contributed by atoms with Gasteiger partial charge in [-0.3, -0.25) is 4.79 Å². The van der Waals surface area contributed by atoms with Crippen LogP contribution in [-0.2, 0) is 0 Å². The van der Waals surface area contributed by atoms with E-state index in [-0.39, 0.29) is 5.56 Å². The van der Waals surface area contributed by atoms with Crippen molar-refractivity contribution in [1.82, 2.24) is 0 Å². The number of hydrogen-bond acceptors (Lipinski definition) is 4. The molecular weight excluding hydrogens is 184 g/mol. The molecule has 14 heavy (non-hydrogen) atoms. The van der Waals surface area contributed by atoms with E-state index < -0.39 is 11.8 Å². The van der Waals surface area contributed by atoms with Crippen molar-refractivity contribution in [2.24, 2.45) is 0 Å². The monoisotopic (exact) mass is 196 g/mol. The molecule has 1 aromatic rings. The molecule has 0 heterocycles. The van der Waals surface area contributed by atoms with E-state index in [9.17, 15) is 4.79 Å². The van der Waals surface area contributed by atoms with Gasteiger partial charge < -0.3 is 15.3 Å². The number of hydrogen-bond donors (Lipinski definition) is 3. The summed E-state index contributed by atoms with van der Waals surface area (Å²) in [7, 11) is 0. The van der Waals surface area contributed by atoms with Gasteiger partial charge in [-0.25, -0.2) is 0 Å². The summed E-state index contributed by atoms with van der Waals surface area (Å²) in [5.41, 5.74) is 1.58. The zero-order valence-electron chi connectivity index (χ0n) is 7.98. The van der Waals surface area contributed by atoms with Gasteiger partial charge in [0.2, 0.25) is 0 Å². The van der Waals surface area contributed by atoms with E-state index in [1.165, 1.54) is 6.07 Å². The van der Waals surface area contributed by atoms with Gasteiger partial charge in [-0.2, -0.15) is 0 Å². The van der Waals surface area contributed by atoms with Gasteiger partial charge in [0.05, 0.1) is 0 Å². The molecule has 0 aliphatic carbocycles. The molecule has 0 saturated carbocycles. The van der Waals surface area contributed by atoms with Gasteiger partial charge in [0.15, 0.2) is 0 Å². The van der Waals surface area contributed by atoms with Crippen molar-refractivity contribution in [3.05, 3.63) is 34.9 Å². The topological polar surface area (TPSA) is 77.8 Å². The van der Waals surface area contributed by atoms with Crippen LogP contribution in [0.2, 0.25) is 0 Å². The fraction of sp³-hybridized carbons (Fsp3) is 0.300. The van der Waals surface area contributed by atoms with Crippen molar-refractivity contribution in [1.29, 1.82) is 0 Å². The van der Waals surface area contributed by atoms with Crippen molar-refractivity contribution in [2.45, 2.75) is 19.8 Å². The fourth-order valence-electron chi connectivity index (χ4n) is 1.18. The lowest BCUT2D eigenvalue weighted by atomic mass is 9.99. The molecule has 0 spiro atoms. The second-order valence-electron chi connectivity index (χ2n) is 3.21. The highest BCUT2D eigenvalue weighted by atomic mass is 16.7. The third-order valence-electron chi connectivity index (χ3n) is 2.15. The van der Waals surface area contributed by atoms with Crippen molar-refractivity contribution in [3.8, 4) is 0 Å². The minimum absolute atomic E-state index is 0.109. The lowest BCUT2D eigenvalue weighted by Gasteiger charge is -2.14. The van der Waals surface area contributed by atoms with Gasteiger partial charge in [0.1, 0.15) is 0 Å². The molecule has 0 saturated heterocycles. The van der Waals surface area contributed by atoms with Crippen LogP contribution in [0.15, 0.2) is 18.2 Å². The van der Waals surface area contributed by atoms with Crippen molar-refractivity contribution in [2.75, 3.05) is 0 Å². The summed E-state index contributed by atoms with van der Waals surface area (Å²) >= 11 is 0. The van der Waals surface area contributed by atoms with E-state index in [4.69, 9.17) is 15.3 Å². The Bertz CT molecular complexity index is 363. The SMILES string of the molecule is Cc1cccc(C(=O)C(O)(O)O)c1C. The van der Waals surface area contributed by atoms with Gasteiger partial charge in [-0.1, -0.05) is 18.2 Å². The van der Waals surface area contributed by atoms with Crippen LogP contribution in [0.1, 0.15) is 21.5 Å². The Balaban J connectivity index is 3.21. The predicted octanol–water partition coefficient (Wildman–Crippen LogP) is 0.117. The predicted molar refractivity (Wildman–Crippen MR) is 49.6 cm³/mol. The van der Waals surface area contributed by atoms with Crippen LogP contribution in [-0.4, -0.2) is 27.1 Å². The summed E-state index contributed by atoms with van der Waals surface area (Å²) < 4.78 is 0. The average molecular weight is 196 g/mol. The highest BCUT2D eigenvalue weighted by Gasteiger charge is 2.32. The number of carbonyl (C=O) groups is 1. The molecule has 4 nitrogen and oxygen atoms in total. The lowest BCUT2D eigenvalue weighted by molar-refractivity contribution is -0.267. The summed E-state index contributed by atoms with van der Waals surface area (Å²) in [6.07, 6.45) is 0. The van der Waals surface area contributed by atoms with Crippen molar-refractivity contribution < 1.29 is 20.1 Å². The van der Waals surface area contributed by atoms with Crippen LogP contribution in [0.4, 0.5) is 0 Å². The Morgan fingerprint density at radius 1 is 1.21 bits per heavy atom. The Kier molecular flexibility index (Phi) is 2.71. The average Bonchev–Trinajstić information content (AvgIpc) is 2.07. The molecule has 1 rings (SSSR count). The van der Waals surface area contributed by atoms with E-state index in [2.05, 4.69) is 0 Å². The maximum atomic E-state index is 11.3. The number of rotatable bonds is 2. The molecule has 0 bridgehead atoms. The molecule has 0 aliphatic rings. The highest BCUT2D eigenvalue weighted by molar-refractivity contribution is 6.01. The Morgan fingerprint density at radius 3 is 2.29 bits per heavy atom. The van der Waals surface area contributed by atoms with Gasteiger partial charge in [-0.15, -0.1) is 0 Å². The molecule has 0 atom stereocenters. The van der Waals surface area contributed by atoms with Gasteiger partial charge in [0.25, 0.3) is 5.78 Å². The van der Waals surface area contributed by atoms with Gasteiger partial charge >= 0.3 is 5.97 Å². The molecule has 0 radical (unpaired) electrons. The number of benzene rings is 1. The molecule has 0 fully saturated rings. The first-order valence-corrected chi connectivity index (χ1v) is 4.12. The molecule has 0 unspecified atom stereocenters. The third-order valence-corrected chi connectivity index (χ3v) is 2.15. The smallest absolute Gasteiger partial charge is 0.337 e. The zero-order chi connectivity index (χ0) is 10.9. The van der Waals surface area contributed by atoms with Crippen LogP contribution >= 0.6 is 0 Å². The number of Topliss-reactive ketones (excluding diaryl/α,β-unsaturated/α-hetero) is 1. The van der Waals surface area contributed by atoms with Gasteiger partial charge in [-0.05, 0) is 25.0 Å². The minimum atomic E-state index is -3.29. The fourth-order valence-corrected chi connectivity index (χ4v) is 1.18. The first-order valence-electron chi connectivity index (χ1n) is 4.12. The number of carbonyl (C=O) groups excluding carboxylic acids is 1. The van der Waals surface area contributed by atoms with E-state index in [0.29, 0.717) is 5.56 Å². The van der Waals surface area contributed by atoms with E-state index in [1.807, 2.05) is 0 Å². The quantitative estimate of drug-likeness (QED) is 0.463. The summed E-state index contributed by atoms with van der Waals surface area (Å²) in [5.74, 6) is -4.41. The highest BCUT2D eigenvalue weighted by Crippen LogP contribution is 2.16. The molecule has 4 heteroatoms. The van der Waals surface area contributed by atoms with Crippen molar-refractivity contribution in [3.63, 3.8) is 0 Å². The van der Waals surface area contributed by atoms with Crippen LogP contribution < -0.4 is 0 Å². The van der Waals surface area contributed by atoms with Crippen molar-refractivity contribution >= 4 is 5.78 Å². The maximum Gasteiger partial charge on any atom is 0.344 e. The standard InChI is InChI=1S/C10H12O4/c1-6-4-3-5-8(7(6)2)9(11)10(12,13)14/h3-5,12-14H,1-2H3. The van der Waals surface area contributed by atoms with Crippen LogP contribution in [0.25, 0.3) is 0 Å². The van der Waals surface area contributed by atoms with Gasteiger partial charge in [0, 0.05) is 5.56 Å². The Morgan fingerprint density at radius 2 is 1.79 bits per heavy atom. The van der Waals surface area contributed by atoms with E-state index in [0.717, 1.165) is 5.56 Å². The minimum Gasteiger partial charge on any atom is -0.337 e. The lowest BCUT2D eigenvalue weighted by Crippen LogP contribution is -2.38. The summed E-state index contributed by atoms with van der Waals surface area (Å²) in [5, 5.41) is 26.1. The van der Waals surface area contributed by atoms with Crippen LogP contribution in [0, 0.1) is 13.8 Å². The van der Waals surface area contributed by atoms with E-state index >= 15 is 0 Å². The Hall–Kier alpha value is -1.23. The summed E-state index contributed by atoms with van der Waals surface area (Å²) in [4.78, 5) is 11.3. The Labute approximate surface area is 81.4 Å². The second-order valence-corrected chi connectivity index (χ2v) is 3.21. The van der Waals surface area contributed by atoms with Crippen LogP contribution in [0.5, 0.6) is 0 Å². The summed E-state index contributed by atoms with van der Waals surface area (Å²) in [6.45, 7) is 3.47. The van der Waals surface area contributed by atoms with Crippen LogP contribution in [0.3, 0.4) is 0 Å². The molecule has 3 N–H and O–H groups in total. The third kappa shape index (κ3) is 1.98.